The van der Waals surface area contributed by atoms with Gasteiger partial charge in [-0.2, -0.15) is 0 Å². The smallest absolute Gasteiger partial charge is 0.147 e. The predicted octanol–water partition coefficient (Wildman–Crippen LogP) is 3.57. The molecule has 0 aliphatic heterocycles. The van der Waals surface area contributed by atoms with E-state index in [1.54, 1.807) is 6.07 Å². The second-order valence-corrected chi connectivity index (χ2v) is 5.01. The molecule has 3 N–H and O–H groups in total. The van der Waals surface area contributed by atoms with Crippen LogP contribution >= 0.6 is 23.2 Å². The summed E-state index contributed by atoms with van der Waals surface area (Å²) in [6, 6.07) is 1.62. The number of aromatic nitrogens is 1. The number of hydrogen-bond donors (Lipinski definition) is 2. The van der Waals surface area contributed by atoms with E-state index in [4.69, 9.17) is 28.9 Å². The zero-order valence-corrected chi connectivity index (χ0v) is 10.5. The van der Waals surface area contributed by atoms with E-state index in [-0.39, 0.29) is 0 Å². The third kappa shape index (κ3) is 2.71. The van der Waals surface area contributed by atoms with Crippen molar-refractivity contribution in [3.8, 4) is 0 Å². The molecule has 5 heteroatoms. The fourth-order valence-electron chi connectivity index (χ4n) is 1.78. The number of nitrogens with two attached hydrogens (primary N) is 1. The molecule has 0 bridgehead atoms. The summed E-state index contributed by atoms with van der Waals surface area (Å²) in [5.74, 6) is 1.82. The SMILES string of the molecule is Nc1nc(NCCC2CCC2)c(Cl)cc1Cl. The molecule has 1 aliphatic carbocycles. The Morgan fingerprint density at radius 2 is 2.12 bits per heavy atom. The lowest BCUT2D eigenvalue weighted by atomic mass is 9.83. The molecule has 0 radical (unpaired) electrons. The molecule has 1 fully saturated rings. The van der Waals surface area contributed by atoms with Crippen LogP contribution in [0.4, 0.5) is 11.6 Å². The highest BCUT2D eigenvalue weighted by molar-refractivity contribution is 6.37. The van der Waals surface area contributed by atoms with Crippen molar-refractivity contribution in [2.45, 2.75) is 25.7 Å². The van der Waals surface area contributed by atoms with Crippen LogP contribution < -0.4 is 11.1 Å². The van der Waals surface area contributed by atoms with E-state index < -0.39 is 0 Å². The minimum absolute atomic E-state index is 0.317. The van der Waals surface area contributed by atoms with Crippen LogP contribution in [0.3, 0.4) is 0 Å². The lowest BCUT2D eigenvalue weighted by molar-refractivity contribution is 0.303. The van der Waals surface area contributed by atoms with Gasteiger partial charge in [0.1, 0.15) is 11.6 Å². The number of pyridine rings is 1. The third-order valence-corrected chi connectivity index (χ3v) is 3.62. The molecule has 0 atom stereocenters. The third-order valence-electron chi connectivity index (χ3n) is 3.03. The zero-order valence-electron chi connectivity index (χ0n) is 8.97. The standard InChI is InChI=1S/C11H15Cl2N3/c12-8-6-9(13)11(16-10(8)14)15-5-4-7-2-1-3-7/h6-7H,1-5H2,(H3,14,15,16). The Morgan fingerprint density at radius 3 is 2.75 bits per heavy atom. The van der Waals surface area contributed by atoms with Crippen LogP contribution in [0.2, 0.25) is 10.0 Å². The second-order valence-electron chi connectivity index (χ2n) is 4.20. The van der Waals surface area contributed by atoms with Crippen LogP contribution in [-0.2, 0) is 0 Å². The Bertz CT molecular complexity index is 378. The van der Waals surface area contributed by atoms with Crippen LogP contribution in [-0.4, -0.2) is 11.5 Å². The maximum atomic E-state index is 6.00. The average molecular weight is 260 g/mol. The zero-order chi connectivity index (χ0) is 11.5. The van der Waals surface area contributed by atoms with Crippen molar-refractivity contribution >= 4 is 34.8 Å². The number of nitrogens with zero attached hydrogens (tertiary/aromatic N) is 1. The van der Waals surface area contributed by atoms with Gasteiger partial charge in [0.05, 0.1) is 10.0 Å². The highest BCUT2D eigenvalue weighted by atomic mass is 35.5. The Balaban J connectivity index is 1.90. The quantitative estimate of drug-likeness (QED) is 0.870. The summed E-state index contributed by atoms with van der Waals surface area (Å²) in [5.41, 5.74) is 5.62. The highest BCUT2D eigenvalue weighted by Crippen LogP contribution is 2.30. The van der Waals surface area contributed by atoms with Crippen LogP contribution in [0.1, 0.15) is 25.7 Å². The van der Waals surface area contributed by atoms with Gasteiger partial charge in [0.25, 0.3) is 0 Å². The summed E-state index contributed by atoms with van der Waals surface area (Å²) in [4.78, 5) is 4.12. The predicted molar refractivity (Wildman–Crippen MR) is 69.1 cm³/mol. The molecule has 1 aromatic rings. The molecule has 2 rings (SSSR count). The average Bonchev–Trinajstić information content (AvgIpc) is 2.17. The van der Waals surface area contributed by atoms with E-state index in [0.717, 1.165) is 12.5 Å². The molecule has 3 nitrogen and oxygen atoms in total. The van der Waals surface area contributed by atoms with Crippen LogP contribution in [0.5, 0.6) is 0 Å². The molecule has 16 heavy (non-hydrogen) atoms. The molecule has 0 unspecified atom stereocenters. The summed E-state index contributed by atoms with van der Waals surface area (Å²) >= 11 is 11.8. The lowest BCUT2D eigenvalue weighted by Gasteiger charge is -2.25. The topological polar surface area (TPSA) is 50.9 Å². The molecule has 1 aromatic heterocycles. The molecule has 88 valence electrons. The van der Waals surface area contributed by atoms with Crippen molar-refractivity contribution in [2.24, 2.45) is 5.92 Å². The minimum Gasteiger partial charge on any atom is -0.382 e. The number of halogens is 2. The Kier molecular flexibility index (Phi) is 3.77. The van der Waals surface area contributed by atoms with E-state index in [1.165, 1.54) is 25.7 Å². The first-order valence-electron chi connectivity index (χ1n) is 5.52. The van der Waals surface area contributed by atoms with Crippen molar-refractivity contribution < 1.29 is 0 Å². The molecule has 0 aromatic carbocycles. The lowest BCUT2D eigenvalue weighted by Crippen LogP contribution is -2.16. The molecule has 0 amide bonds. The van der Waals surface area contributed by atoms with Gasteiger partial charge < -0.3 is 11.1 Å². The largest absolute Gasteiger partial charge is 0.382 e. The van der Waals surface area contributed by atoms with Crippen molar-refractivity contribution in [2.75, 3.05) is 17.6 Å². The fraction of sp³-hybridized carbons (Fsp3) is 0.545. The van der Waals surface area contributed by atoms with Crippen LogP contribution in [0, 0.1) is 5.92 Å². The number of hydrogen-bond acceptors (Lipinski definition) is 3. The van der Waals surface area contributed by atoms with Gasteiger partial charge >= 0.3 is 0 Å². The van der Waals surface area contributed by atoms with Gasteiger partial charge in [0.2, 0.25) is 0 Å². The van der Waals surface area contributed by atoms with Gasteiger partial charge in [-0.15, -0.1) is 0 Å². The Morgan fingerprint density at radius 1 is 1.38 bits per heavy atom. The summed E-state index contributed by atoms with van der Waals surface area (Å²) in [5, 5.41) is 4.12. The first-order valence-corrected chi connectivity index (χ1v) is 6.28. The molecular weight excluding hydrogens is 245 g/mol. The number of nitrogens with one attached hydrogen (secondary N) is 1. The van der Waals surface area contributed by atoms with Crippen LogP contribution in [0.15, 0.2) is 6.07 Å². The van der Waals surface area contributed by atoms with E-state index >= 15 is 0 Å². The van der Waals surface area contributed by atoms with Crippen molar-refractivity contribution in [1.82, 2.24) is 4.98 Å². The Hall–Kier alpha value is -0.670. The number of nitrogen functional groups attached to an aromatic ring is 1. The normalized spacial score (nSPS) is 15.9. The first-order chi connectivity index (χ1) is 7.66. The summed E-state index contributed by atoms with van der Waals surface area (Å²) in [6.07, 6.45) is 5.25. The van der Waals surface area contributed by atoms with Crippen LogP contribution in [0.25, 0.3) is 0 Å². The fourth-order valence-corrected chi connectivity index (χ4v) is 2.21. The maximum Gasteiger partial charge on any atom is 0.147 e. The van der Waals surface area contributed by atoms with E-state index in [1.807, 2.05) is 0 Å². The maximum absolute atomic E-state index is 6.00. The van der Waals surface area contributed by atoms with Crippen molar-refractivity contribution in [1.29, 1.82) is 0 Å². The highest BCUT2D eigenvalue weighted by Gasteiger charge is 2.16. The molecule has 1 aliphatic rings. The molecule has 1 heterocycles. The van der Waals surface area contributed by atoms with Crippen molar-refractivity contribution in [3.63, 3.8) is 0 Å². The van der Waals surface area contributed by atoms with E-state index in [2.05, 4.69) is 10.3 Å². The molecule has 0 saturated heterocycles. The van der Waals surface area contributed by atoms with Gasteiger partial charge in [0, 0.05) is 6.54 Å². The van der Waals surface area contributed by atoms with Gasteiger partial charge in [-0.3, -0.25) is 0 Å². The van der Waals surface area contributed by atoms with E-state index in [0.29, 0.717) is 21.7 Å². The summed E-state index contributed by atoms with van der Waals surface area (Å²) in [7, 11) is 0. The molecular formula is C11H15Cl2N3. The number of rotatable bonds is 4. The van der Waals surface area contributed by atoms with E-state index in [9.17, 15) is 0 Å². The minimum atomic E-state index is 0.317. The van der Waals surface area contributed by atoms with Gasteiger partial charge in [0.15, 0.2) is 0 Å². The number of anilines is 2. The molecule has 0 spiro atoms. The summed E-state index contributed by atoms with van der Waals surface area (Å²) in [6.45, 7) is 0.887. The first kappa shape index (κ1) is 11.8. The second kappa shape index (κ2) is 5.11. The summed E-state index contributed by atoms with van der Waals surface area (Å²) < 4.78 is 0. The van der Waals surface area contributed by atoms with Gasteiger partial charge in [-0.1, -0.05) is 42.5 Å². The monoisotopic (exact) mass is 259 g/mol. The Labute approximate surface area is 105 Å². The van der Waals surface area contributed by atoms with Gasteiger partial charge in [-0.25, -0.2) is 4.98 Å². The molecule has 1 saturated carbocycles. The van der Waals surface area contributed by atoms with Gasteiger partial charge in [-0.05, 0) is 18.4 Å². The van der Waals surface area contributed by atoms with Crippen molar-refractivity contribution in [3.05, 3.63) is 16.1 Å².